The molecular formula is C15H21FN4O. The molecular weight excluding hydrogens is 271 g/mol. The summed E-state index contributed by atoms with van der Waals surface area (Å²) in [7, 11) is 1.77. The van der Waals surface area contributed by atoms with Crippen LogP contribution < -0.4 is 10.1 Å². The third-order valence-electron chi connectivity index (χ3n) is 2.98. The maximum Gasteiger partial charge on any atom is 0.165 e. The molecule has 0 saturated carbocycles. The van der Waals surface area contributed by atoms with Gasteiger partial charge in [0.2, 0.25) is 0 Å². The summed E-state index contributed by atoms with van der Waals surface area (Å²) in [5.74, 6) is 0.496. The maximum atomic E-state index is 14.0. The van der Waals surface area contributed by atoms with Crippen molar-refractivity contribution in [1.82, 2.24) is 20.1 Å². The molecule has 21 heavy (non-hydrogen) atoms. The molecule has 2 aromatic rings. The van der Waals surface area contributed by atoms with Crippen molar-refractivity contribution in [1.29, 1.82) is 0 Å². The molecule has 0 spiro atoms. The van der Waals surface area contributed by atoms with Crippen LogP contribution in [-0.2, 0) is 20.2 Å². The van der Waals surface area contributed by atoms with Gasteiger partial charge in [-0.15, -0.1) is 0 Å². The maximum absolute atomic E-state index is 14.0. The summed E-state index contributed by atoms with van der Waals surface area (Å²) in [4.78, 5) is 4.03. The summed E-state index contributed by atoms with van der Waals surface area (Å²) in [6.45, 7) is 7.02. The van der Waals surface area contributed by atoms with Crippen molar-refractivity contribution < 1.29 is 9.13 Å². The fraction of sp³-hybridized carbons (Fsp3) is 0.467. The fourth-order valence-corrected chi connectivity index (χ4v) is 1.73. The summed E-state index contributed by atoms with van der Waals surface area (Å²) in [5, 5.41) is 7.25. The van der Waals surface area contributed by atoms with Crippen LogP contribution in [0, 0.1) is 5.82 Å². The van der Waals surface area contributed by atoms with Gasteiger partial charge >= 0.3 is 0 Å². The monoisotopic (exact) mass is 292 g/mol. The van der Waals surface area contributed by atoms with Gasteiger partial charge in [0.05, 0.1) is 0 Å². The predicted octanol–water partition coefficient (Wildman–Crippen LogP) is 2.42. The van der Waals surface area contributed by atoms with E-state index in [0.29, 0.717) is 12.4 Å². The largest absolute Gasteiger partial charge is 0.483 e. The number of nitrogens with one attached hydrogen (secondary N) is 1. The van der Waals surface area contributed by atoms with E-state index in [2.05, 4.69) is 36.2 Å². The van der Waals surface area contributed by atoms with Crippen LogP contribution in [0.3, 0.4) is 0 Å². The van der Waals surface area contributed by atoms with Gasteiger partial charge in [0.25, 0.3) is 0 Å². The van der Waals surface area contributed by atoms with E-state index in [-0.39, 0.29) is 23.7 Å². The van der Waals surface area contributed by atoms with Gasteiger partial charge in [-0.2, -0.15) is 5.10 Å². The third kappa shape index (κ3) is 4.53. The van der Waals surface area contributed by atoms with Gasteiger partial charge in [-0.05, 0) is 38.5 Å². The smallest absolute Gasteiger partial charge is 0.165 e. The Kier molecular flexibility index (Phi) is 4.57. The summed E-state index contributed by atoms with van der Waals surface area (Å²) >= 11 is 0. The zero-order valence-corrected chi connectivity index (χ0v) is 12.9. The van der Waals surface area contributed by atoms with Crippen LogP contribution in [0.5, 0.6) is 5.75 Å². The summed E-state index contributed by atoms with van der Waals surface area (Å²) < 4.78 is 21.0. The molecule has 0 fully saturated rings. The van der Waals surface area contributed by atoms with Crippen molar-refractivity contribution in [2.75, 3.05) is 0 Å². The molecule has 0 amide bonds. The van der Waals surface area contributed by atoms with E-state index < -0.39 is 0 Å². The average molecular weight is 292 g/mol. The van der Waals surface area contributed by atoms with Crippen molar-refractivity contribution in [3.05, 3.63) is 41.7 Å². The number of benzene rings is 1. The molecule has 114 valence electrons. The predicted molar refractivity (Wildman–Crippen MR) is 78.3 cm³/mol. The topological polar surface area (TPSA) is 52.0 Å². The molecule has 1 heterocycles. The normalized spacial score (nSPS) is 11.7. The minimum absolute atomic E-state index is 0.00313. The van der Waals surface area contributed by atoms with E-state index in [1.54, 1.807) is 17.8 Å². The Morgan fingerprint density at radius 2 is 2.10 bits per heavy atom. The lowest BCUT2D eigenvalue weighted by molar-refractivity contribution is 0.275. The summed E-state index contributed by atoms with van der Waals surface area (Å²) in [6, 6.07) is 4.99. The molecule has 0 atom stereocenters. The Morgan fingerprint density at radius 3 is 2.67 bits per heavy atom. The van der Waals surface area contributed by atoms with Gasteiger partial charge < -0.3 is 10.1 Å². The van der Waals surface area contributed by atoms with Crippen molar-refractivity contribution >= 4 is 0 Å². The van der Waals surface area contributed by atoms with E-state index in [4.69, 9.17) is 4.74 Å². The Labute approximate surface area is 124 Å². The summed E-state index contributed by atoms with van der Waals surface area (Å²) in [5.41, 5.74) is 0.880. The third-order valence-corrected chi connectivity index (χ3v) is 2.98. The number of aryl methyl sites for hydroxylation is 1. The zero-order chi connectivity index (χ0) is 15.5. The molecule has 0 radical (unpaired) electrons. The SMILES string of the molecule is Cn1ncnc1COc1ccc(CNC(C)(C)C)cc1F. The number of ether oxygens (including phenoxy) is 1. The summed E-state index contributed by atoms with van der Waals surface area (Å²) in [6.07, 6.45) is 1.44. The number of halogens is 1. The number of aromatic nitrogens is 3. The van der Waals surface area contributed by atoms with Crippen LogP contribution in [0.2, 0.25) is 0 Å². The van der Waals surface area contributed by atoms with Gasteiger partial charge in [-0.25, -0.2) is 9.37 Å². The fourth-order valence-electron chi connectivity index (χ4n) is 1.73. The second-order valence-corrected chi connectivity index (χ2v) is 5.96. The van der Waals surface area contributed by atoms with Crippen molar-refractivity contribution in [2.24, 2.45) is 7.05 Å². The second-order valence-electron chi connectivity index (χ2n) is 5.96. The lowest BCUT2D eigenvalue weighted by atomic mass is 10.1. The molecule has 0 aliphatic heterocycles. The highest BCUT2D eigenvalue weighted by molar-refractivity contribution is 5.29. The molecule has 1 aromatic carbocycles. The van der Waals surface area contributed by atoms with Gasteiger partial charge in [-0.1, -0.05) is 6.07 Å². The molecule has 0 aliphatic carbocycles. The Balaban J connectivity index is 1.97. The molecule has 0 unspecified atom stereocenters. The number of hydrogen-bond donors (Lipinski definition) is 1. The van der Waals surface area contributed by atoms with Gasteiger partial charge in [0.1, 0.15) is 12.9 Å². The van der Waals surface area contributed by atoms with E-state index in [1.807, 2.05) is 6.07 Å². The Hall–Kier alpha value is -1.95. The number of nitrogens with zero attached hydrogens (tertiary/aromatic N) is 3. The minimum atomic E-state index is -0.370. The van der Waals surface area contributed by atoms with Gasteiger partial charge in [0, 0.05) is 19.1 Å². The first-order valence-corrected chi connectivity index (χ1v) is 6.84. The second kappa shape index (κ2) is 6.22. The van der Waals surface area contributed by atoms with E-state index in [9.17, 15) is 4.39 Å². The van der Waals surface area contributed by atoms with Crippen molar-refractivity contribution in [3.8, 4) is 5.75 Å². The number of hydrogen-bond acceptors (Lipinski definition) is 4. The van der Waals surface area contributed by atoms with E-state index in [0.717, 1.165) is 5.56 Å². The molecule has 6 heteroatoms. The first-order valence-electron chi connectivity index (χ1n) is 6.84. The van der Waals surface area contributed by atoms with Crippen LogP contribution in [0.1, 0.15) is 32.2 Å². The highest BCUT2D eigenvalue weighted by atomic mass is 19.1. The highest BCUT2D eigenvalue weighted by Gasteiger charge is 2.11. The molecule has 0 saturated heterocycles. The first kappa shape index (κ1) is 15.4. The molecule has 1 aromatic heterocycles. The average Bonchev–Trinajstić information content (AvgIpc) is 2.80. The van der Waals surface area contributed by atoms with Gasteiger partial charge in [0.15, 0.2) is 17.4 Å². The minimum Gasteiger partial charge on any atom is -0.483 e. The molecule has 5 nitrogen and oxygen atoms in total. The Bertz CT molecular complexity index is 604. The lowest BCUT2D eigenvalue weighted by Crippen LogP contribution is -2.35. The van der Waals surface area contributed by atoms with Crippen LogP contribution in [-0.4, -0.2) is 20.3 Å². The first-order chi connectivity index (χ1) is 9.85. The van der Waals surface area contributed by atoms with Crippen molar-refractivity contribution in [3.63, 3.8) is 0 Å². The number of rotatable bonds is 5. The highest BCUT2D eigenvalue weighted by Crippen LogP contribution is 2.19. The van der Waals surface area contributed by atoms with Crippen molar-refractivity contribution in [2.45, 2.75) is 39.5 Å². The van der Waals surface area contributed by atoms with E-state index >= 15 is 0 Å². The standard InChI is InChI=1S/C15H21FN4O/c1-15(2,3)18-8-11-5-6-13(12(16)7-11)21-9-14-17-10-19-20(14)4/h5-7,10,18H,8-9H2,1-4H3. The zero-order valence-electron chi connectivity index (χ0n) is 12.9. The molecule has 0 aliphatic rings. The molecule has 1 N–H and O–H groups in total. The molecule has 2 rings (SSSR count). The van der Waals surface area contributed by atoms with Crippen LogP contribution in [0.15, 0.2) is 24.5 Å². The quantitative estimate of drug-likeness (QED) is 0.919. The Morgan fingerprint density at radius 1 is 1.33 bits per heavy atom. The van der Waals surface area contributed by atoms with Crippen LogP contribution >= 0.6 is 0 Å². The van der Waals surface area contributed by atoms with Crippen LogP contribution in [0.4, 0.5) is 4.39 Å². The molecule has 0 bridgehead atoms. The lowest BCUT2D eigenvalue weighted by Gasteiger charge is -2.20. The van der Waals surface area contributed by atoms with E-state index in [1.165, 1.54) is 12.4 Å². The van der Waals surface area contributed by atoms with Gasteiger partial charge in [-0.3, -0.25) is 4.68 Å². The van der Waals surface area contributed by atoms with Crippen LogP contribution in [0.25, 0.3) is 0 Å².